The van der Waals surface area contributed by atoms with Crippen molar-refractivity contribution in [2.75, 3.05) is 13.1 Å². The molecule has 0 bridgehead atoms. The van der Waals surface area contributed by atoms with Crippen LogP contribution in [-0.2, 0) is 11.8 Å². The molecule has 104 valence electrons. The normalized spacial score (nSPS) is 16.8. The second-order valence-electron chi connectivity index (χ2n) is 5.68. The summed E-state index contributed by atoms with van der Waals surface area (Å²) in [7, 11) is 0. The maximum Gasteiger partial charge on any atom is 0.159 e. The van der Waals surface area contributed by atoms with E-state index < -0.39 is 11.6 Å². The molecule has 0 aromatic heterocycles. The van der Waals surface area contributed by atoms with Gasteiger partial charge in [0.2, 0.25) is 0 Å². The van der Waals surface area contributed by atoms with E-state index in [4.69, 9.17) is 0 Å². The van der Waals surface area contributed by atoms with Crippen LogP contribution in [0, 0.1) is 18.6 Å². The molecule has 0 atom stereocenters. The summed E-state index contributed by atoms with van der Waals surface area (Å²) in [6.07, 6.45) is 0.723. The maximum absolute atomic E-state index is 13.4. The molecular weight excluding hydrogens is 256 g/mol. The van der Waals surface area contributed by atoms with Crippen LogP contribution in [0.4, 0.5) is 8.78 Å². The molecule has 0 saturated carbocycles. The number of halogens is 2. The highest BCUT2D eigenvalue weighted by Gasteiger charge is 2.38. The molecule has 1 aliphatic heterocycles. The zero-order valence-electron chi connectivity index (χ0n) is 11.4. The molecule has 0 unspecified atom stereocenters. The minimum Gasteiger partial charge on any atom is -0.315 e. The van der Waals surface area contributed by atoms with Crippen LogP contribution in [0.3, 0.4) is 0 Å². The largest absolute Gasteiger partial charge is 0.315 e. The molecule has 1 N–H and O–H groups in total. The van der Waals surface area contributed by atoms with Gasteiger partial charge in [-0.1, -0.05) is 35.9 Å². The fourth-order valence-electron chi connectivity index (χ4n) is 2.87. The third kappa shape index (κ3) is 2.34. The van der Waals surface area contributed by atoms with Crippen molar-refractivity contribution in [2.24, 2.45) is 0 Å². The summed E-state index contributed by atoms with van der Waals surface area (Å²) in [6, 6.07) is 12.6. The molecule has 0 spiro atoms. The lowest BCUT2D eigenvalue weighted by molar-refractivity contribution is 0.274. The van der Waals surface area contributed by atoms with Crippen molar-refractivity contribution in [3.05, 3.63) is 70.8 Å². The third-order valence-corrected chi connectivity index (χ3v) is 4.08. The van der Waals surface area contributed by atoms with Crippen molar-refractivity contribution < 1.29 is 8.78 Å². The van der Waals surface area contributed by atoms with Crippen molar-refractivity contribution >= 4 is 0 Å². The lowest BCUT2D eigenvalue weighted by atomic mass is 9.70. The van der Waals surface area contributed by atoms with Crippen LogP contribution >= 0.6 is 0 Å². The Balaban J connectivity index is 1.91. The molecule has 20 heavy (non-hydrogen) atoms. The van der Waals surface area contributed by atoms with Crippen molar-refractivity contribution in [3.8, 4) is 0 Å². The monoisotopic (exact) mass is 273 g/mol. The number of hydrogen-bond acceptors (Lipinski definition) is 1. The van der Waals surface area contributed by atoms with E-state index in [1.54, 1.807) is 6.07 Å². The molecule has 2 aromatic carbocycles. The first-order chi connectivity index (χ1) is 9.59. The molecule has 3 heteroatoms. The van der Waals surface area contributed by atoms with E-state index in [0.29, 0.717) is 0 Å². The molecule has 0 radical (unpaired) electrons. The van der Waals surface area contributed by atoms with Crippen LogP contribution in [0.15, 0.2) is 42.5 Å². The zero-order valence-corrected chi connectivity index (χ0v) is 11.4. The van der Waals surface area contributed by atoms with Gasteiger partial charge in [0.1, 0.15) is 0 Å². The van der Waals surface area contributed by atoms with Gasteiger partial charge in [-0.05, 0) is 36.6 Å². The molecule has 3 rings (SSSR count). The summed E-state index contributed by atoms with van der Waals surface area (Å²) in [4.78, 5) is 0. The van der Waals surface area contributed by atoms with Crippen molar-refractivity contribution in [1.29, 1.82) is 0 Å². The fourth-order valence-corrected chi connectivity index (χ4v) is 2.87. The van der Waals surface area contributed by atoms with Crippen LogP contribution < -0.4 is 5.32 Å². The molecule has 1 nitrogen and oxygen atoms in total. The first-order valence-corrected chi connectivity index (χ1v) is 6.81. The van der Waals surface area contributed by atoms with Gasteiger partial charge in [0.25, 0.3) is 0 Å². The van der Waals surface area contributed by atoms with E-state index in [2.05, 4.69) is 36.5 Å². The van der Waals surface area contributed by atoms with E-state index in [1.807, 2.05) is 0 Å². The lowest BCUT2D eigenvalue weighted by Gasteiger charge is -2.43. The van der Waals surface area contributed by atoms with E-state index in [9.17, 15) is 8.78 Å². The third-order valence-electron chi connectivity index (χ3n) is 4.08. The number of hydrogen-bond donors (Lipinski definition) is 1. The number of nitrogens with one attached hydrogen (secondary N) is 1. The number of aryl methyl sites for hydroxylation is 1. The average Bonchev–Trinajstić information content (AvgIpc) is 2.38. The first-order valence-electron chi connectivity index (χ1n) is 6.81. The van der Waals surface area contributed by atoms with Gasteiger partial charge in [-0.25, -0.2) is 8.78 Å². The molecule has 1 fully saturated rings. The van der Waals surface area contributed by atoms with Crippen LogP contribution in [0.5, 0.6) is 0 Å². The molecule has 0 amide bonds. The molecule has 2 aromatic rings. The van der Waals surface area contributed by atoms with Gasteiger partial charge in [-0.2, -0.15) is 0 Å². The van der Waals surface area contributed by atoms with Gasteiger partial charge >= 0.3 is 0 Å². The number of benzene rings is 2. The predicted octanol–water partition coefficient (Wildman–Crippen LogP) is 3.36. The van der Waals surface area contributed by atoms with Crippen LogP contribution in [0.2, 0.25) is 0 Å². The molecule has 0 aliphatic carbocycles. The molecule has 1 saturated heterocycles. The summed E-state index contributed by atoms with van der Waals surface area (Å²) >= 11 is 0. The summed E-state index contributed by atoms with van der Waals surface area (Å²) < 4.78 is 26.4. The highest BCUT2D eigenvalue weighted by Crippen LogP contribution is 2.33. The summed E-state index contributed by atoms with van der Waals surface area (Å²) in [5, 5.41) is 3.30. The quantitative estimate of drug-likeness (QED) is 0.904. The Hall–Kier alpha value is -1.74. The number of rotatable bonds is 3. The first kappa shape index (κ1) is 13.3. The van der Waals surface area contributed by atoms with Crippen LogP contribution in [0.1, 0.15) is 16.7 Å². The second-order valence-corrected chi connectivity index (χ2v) is 5.68. The average molecular weight is 273 g/mol. The minimum atomic E-state index is -0.787. The fraction of sp³-hybridized carbons (Fsp3) is 0.294. The van der Waals surface area contributed by atoms with E-state index in [1.165, 1.54) is 23.3 Å². The van der Waals surface area contributed by atoms with Gasteiger partial charge in [0.15, 0.2) is 11.6 Å². The standard InChI is InChI=1S/C17H17F2N/c1-12-3-2-4-14(7-12)17(10-20-11-17)9-13-5-6-15(18)16(19)8-13/h2-8,20H,9-11H2,1H3. The topological polar surface area (TPSA) is 12.0 Å². The van der Waals surface area contributed by atoms with Crippen LogP contribution in [-0.4, -0.2) is 13.1 Å². The summed E-state index contributed by atoms with van der Waals surface area (Å²) in [6.45, 7) is 3.81. The Kier molecular flexibility index (Phi) is 3.30. The van der Waals surface area contributed by atoms with Gasteiger partial charge in [0.05, 0.1) is 0 Å². The Morgan fingerprint density at radius 3 is 2.45 bits per heavy atom. The van der Waals surface area contributed by atoms with Gasteiger partial charge in [0, 0.05) is 18.5 Å². The lowest BCUT2D eigenvalue weighted by Crippen LogP contribution is -2.58. The van der Waals surface area contributed by atoms with Gasteiger partial charge in [-0.3, -0.25) is 0 Å². The highest BCUT2D eigenvalue weighted by molar-refractivity contribution is 5.36. The van der Waals surface area contributed by atoms with Gasteiger partial charge in [-0.15, -0.1) is 0 Å². The second kappa shape index (κ2) is 4.98. The summed E-state index contributed by atoms with van der Waals surface area (Å²) in [5.41, 5.74) is 3.32. The Bertz CT molecular complexity index is 633. The van der Waals surface area contributed by atoms with Crippen molar-refractivity contribution in [2.45, 2.75) is 18.8 Å². The van der Waals surface area contributed by atoms with E-state index in [0.717, 1.165) is 25.1 Å². The maximum atomic E-state index is 13.4. The Morgan fingerprint density at radius 1 is 1.05 bits per heavy atom. The van der Waals surface area contributed by atoms with Crippen LogP contribution in [0.25, 0.3) is 0 Å². The Morgan fingerprint density at radius 2 is 1.85 bits per heavy atom. The SMILES string of the molecule is Cc1cccc(C2(Cc3ccc(F)c(F)c3)CNC2)c1. The predicted molar refractivity (Wildman–Crippen MR) is 75.8 cm³/mol. The van der Waals surface area contributed by atoms with Crippen molar-refractivity contribution in [1.82, 2.24) is 5.32 Å². The van der Waals surface area contributed by atoms with Crippen molar-refractivity contribution in [3.63, 3.8) is 0 Å². The molecule has 1 aliphatic rings. The Labute approximate surface area is 117 Å². The minimum absolute atomic E-state index is 0.00368. The smallest absolute Gasteiger partial charge is 0.159 e. The zero-order chi connectivity index (χ0) is 14.2. The molecule has 1 heterocycles. The van der Waals surface area contributed by atoms with E-state index >= 15 is 0 Å². The van der Waals surface area contributed by atoms with Gasteiger partial charge < -0.3 is 5.32 Å². The molecular formula is C17H17F2N. The van der Waals surface area contributed by atoms with E-state index in [-0.39, 0.29) is 5.41 Å². The highest BCUT2D eigenvalue weighted by atomic mass is 19.2. The summed E-state index contributed by atoms with van der Waals surface area (Å²) in [5.74, 6) is -1.56.